The highest BCUT2D eigenvalue weighted by molar-refractivity contribution is 8.00. The first-order valence-electron chi connectivity index (χ1n) is 11.7. The third kappa shape index (κ3) is 8.45. The summed E-state index contributed by atoms with van der Waals surface area (Å²) in [5.74, 6) is -0.196. The topological polar surface area (TPSA) is 49.4 Å². The van der Waals surface area contributed by atoms with Crippen LogP contribution in [0.3, 0.4) is 0 Å². The fourth-order valence-corrected chi connectivity index (χ4v) is 4.97. The lowest BCUT2D eigenvalue weighted by Crippen LogP contribution is -2.52. The zero-order chi connectivity index (χ0) is 26.1. The summed E-state index contributed by atoms with van der Waals surface area (Å²) in [6, 6.07) is 21.5. The number of nitrogens with zero attached hydrogens (tertiary/aromatic N) is 1. The van der Waals surface area contributed by atoms with Crippen LogP contribution in [0.25, 0.3) is 0 Å². The van der Waals surface area contributed by atoms with E-state index in [0.29, 0.717) is 21.5 Å². The van der Waals surface area contributed by atoms with E-state index < -0.39 is 6.04 Å². The highest BCUT2D eigenvalue weighted by Gasteiger charge is 2.31. The minimum Gasteiger partial charge on any atom is -0.352 e. The molecule has 0 radical (unpaired) electrons. The molecule has 0 heterocycles. The molecule has 1 N–H and O–H groups in total. The van der Waals surface area contributed by atoms with Crippen LogP contribution in [0.4, 0.5) is 0 Å². The van der Waals surface area contributed by atoms with E-state index >= 15 is 0 Å². The number of hydrogen-bond acceptors (Lipinski definition) is 3. The standard InChI is InChI=1S/C28H29Cl3N2O2S/c1-3-19(2)32-28(35)26(15-20-7-5-4-6-8-20)33(17-21-9-10-23(30)16-25(21)31)27(34)18-36-24-13-11-22(29)12-14-24/h4-14,16,19,26H,3,15,17-18H2,1-2H3,(H,32,35)/t19-,26-/m1/s1. The molecule has 3 rings (SSSR count). The second-order valence-corrected chi connectivity index (χ2v) is 10.9. The van der Waals surface area contributed by atoms with Gasteiger partial charge in [-0.1, -0.05) is 78.1 Å². The average Bonchev–Trinajstić information content (AvgIpc) is 2.87. The van der Waals surface area contributed by atoms with Crippen molar-refractivity contribution in [2.75, 3.05) is 5.75 Å². The molecular weight excluding hydrogens is 535 g/mol. The maximum Gasteiger partial charge on any atom is 0.243 e. The van der Waals surface area contributed by atoms with E-state index in [1.54, 1.807) is 35.2 Å². The van der Waals surface area contributed by atoms with Gasteiger partial charge in [0.15, 0.2) is 0 Å². The molecule has 2 atom stereocenters. The Bertz CT molecular complexity index is 1160. The molecule has 3 aromatic rings. The summed E-state index contributed by atoms with van der Waals surface area (Å²) >= 11 is 20.0. The van der Waals surface area contributed by atoms with Crippen LogP contribution in [-0.2, 0) is 22.6 Å². The second-order valence-electron chi connectivity index (χ2n) is 8.52. The summed E-state index contributed by atoms with van der Waals surface area (Å²) in [7, 11) is 0. The van der Waals surface area contributed by atoms with E-state index in [1.807, 2.05) is 56.3 Å². The summed E-state index contributed by atoms with van der Waals surface area (Å²) in [6.45, 7) is 4.15. The molecule has 0 aliphatic rings. The third-order valence-corrected chi connectivity index (χ3v) is 7.64. The number of rotatable bonds is 11. The van der Waals surface area contributed by atoms with Crippen molar-refractivity contribution in [3.05, 3.63) is 99.0 Å². The van der Waals surface area contributed by atoms with Gasteiger partial charge >= 0.3 is 0 Å². The van der Waals surface area contributed by atoms with E-state index in [4.69, 9.17) is 34.8 Å². The van der Waals surface area contributed by atoms with Crippen LogP contribution in [-0.4, -0.2) is 34.6 Å². The van der Waals surface area contributed by atoms with Gasteiger partial charge in [0.1, 0.15) is 6.04 Å². The summed E-state index contributed by atoms with van der Waals surface area (Å²) in [5.41, 5.74) is 1.69. The lowest BCUT2D eigenvalue weighted by molar-refractivity contribution is -0.139. The van der Waals surface area contributed by atoms with Crippen LogP contribution in [0.5, 0.6) is 0 Å². The Morgan fingerprint density at radius 2 is 1.61 bits per heavy atom. The number of hydrogen-bond donors (Lipinski definition) is 1. The molecule has 0 spiro atoms. The Morgan fingerprint density at radius 1 is 0.944 bits per heavy atom. The second kappa shape index (κ2) is 13.9. The zero-order valence-corrected chi connectivity index (χ0v) is 23.3. The van der Waals surface area contributed by atoms with Crippen LogP contribution in [0.1, 0.15) is 31.4 Å². The molecule has 3 aromatic carbocycles. The van der Waals surface area contributed by atoms with Crippen molar-refractivity contribution >= 4 is 58.4 Å². The molecule has 0 saturated heterocycles. The highest BCUT2D eigenvalue weighted by atomic mass is 35.5. The Labute approximate surface area is 232 Å². The third-order valence-electron chi connectivity index (χ3n) is 5.80. The van der Waals surface area contributed by atoms with Crippen molar-refractivity contribution in [1.82, 2.24) is 10.2 Å². The maximum absolute atomic E-state index is 13.7. The summed E-state index contributed by atoms with van der Waals surface area (Å²) < 4.78 is 0. The molecule has 0 unspecified atom stereocenters. The van der Waals surface area contributed by atoms with Gasteiger partial charge in [-0.2, -0.15) is 0 Å². The predicted molar refractivity (Wildman–Crippen MR) is 151 cm³/mol. The van der Waals surface area contributed by atoms with Crippen molar-refractivity contribution in [3.8, 4) is 0 Å². The molecule has 0 saturated carbocycles. The molecule has 0 aromatic heterocycles. The predicted octanol–water partition coefficient (Wildman–Crippen LogP) is 7.29. The van der Waals surface area contributed by atoms with Gasteiger partial charge in [-0.15, -0.1) is 11.8 Å². The maximum atomic E-state index is 13.7. The Hall–Kier alpha value is -2.18. The number of carbonyl (C=O) groups is 2. The van der Waals surface area contributed by atoms with Crippen LogP contribution in [0.2, 0.25) is 15.1 Å². The number of nitrogens with one attached hydrogen (secondary N) is 1. The SMILES string of the molecule is CC[C@@H](C)NC(=O)[C@@H](Cc1ccccc1)N(Cc1ccc(Cl)cc1Cl)C(=O)CSc1ccc(Cl)cc1. The summed E-state index contributed by atoms with van der Waals surface area (Å²) in [4.78, 5) is 29.8. The van der Waals surface area contributed by atoms with Crippen molar-refractivity contribution in [1.29, 1.82) is 0 Å². The van der Waals surface area contributed by atoms with E-state index in [-0.39, 0.29) is 30.2 Å². The molecule has 4 nitrogen and oxygen atoms in total. The fourth-order valence-electron chi connectivity index (χ4n) is 3.59. The van der Waals surface area contributed by atoms with Crippen molar-refractivity contribution in [3.63, 3.8) is 0 Å². The molecule has 36 heavy (non-hydrogen) atoms. The summed E-state index contributed by atoms with van der Waals surface area (Å²) in [5, 5.41) is 4.66. The first-order chi connectivity index (χ1) is 17.3. The molecule has 0 bridgehead atoms. The van der Waals surface area contributed by atoms with Gasteiger partial charge in [0, 0.05) is 39.0 Å². The molecule has 0 aliphatic carbocycles. The molecule has 0 aliphatic heterocycles. The van der Waals surface area contributed by atoms with Crippen LogP contribution >= 0.6 is 46.6 Å². The van der Waals surface area contributed by atoms with E-state index in [0.717, 1.165) is 22.4 Å². The Kier molecular flexibility index (Phi) is 11.0. The number of carbonyl (C=O) groups excluding carboxylic acids is 2. The number of halogens is 3. The minimum atomic E-state index is -0.716. The molecule has 2 amide bonds. The zero-order valence-electron chi connectivity index (χ0n) is 20.2. The number of benzene rings is 3. The van der Waals surface area contributed by atoms with Gasteiger partial charge < -0.3 is 10.2 Å². The van der Waals surface area contributed by atoms with E-state index in [1.165, 1.54) is 11.8 Å². The number of thioether (sulfide) groups is 1. The fraction of sp³-hybridized carbons (Fsp3) is 0.286. The van der Waals surface area contributed by atoms with Gasteiger partial charge in [0.2, 0.25) is 11.8 Å². The average molecular weight is 564 g/mol. The van der Waals surface area contributed by atoms with Gasteiger partial charge in [0.05, 0.1) is 5.75 Å². The smallest absolute Gasteiger partial charge is 0.243 e. The highest BCUT2D eigenvalue weighted by Crippen LogP contribution is 2.26. The van der Waals surface area contributed by atoms with Crippen molar-refractivity contribution in [2.24, 2.45) is 0 Å². The van der Waals surface area contributed by atoms with E-state index in [2.05, 4.69) is 5.32 Å². The van der Waals surface area contributed by atoms with Gasteiger partial charge in [-0.3, -0.25) is 9.59 Å². The van der Waals surface area contributed by atoms with Gasteiger partial charge in [-0.05, 0) is 60.9 Å². The first-order valence-corrected chi connectivity index (χ1v) is 13.8. The quantitative estimate of drug-likeness (QED) is 0.249. The van der Waals surface area contributed by atoms with Crippen molar-refractivity contribution < 1.29 is 9.59 Å². The van der Waals surface area contributed by atoms with Crippen LogP contribution in [0, 0.1) is 0 Å². The lowest BCUT2D eigenvalue weighted by atomic mass is 10.0. The van der Waals surface area contributed by atoms with E-state index in [9.17, 15) is 9.59 Å². The van der Waals surface area contributed by atoms with Crippen molar-refractivity contribution in [2.45, 2.75) is 50.2 Å². The monoisotopic (exact) mass is 562 g/mol. The number of amides is 2. The Morgan fingerprint density at radius 3 is 2.25 bits per heavy atom. The minimum absolute atomic E-state index is 0.0183. The Balaban J connectivity index is 1.93. The van der Waals surface area contributed by atoms with Crippen LogP contribution in [0.15, 0.2) is 77.7 Å². The molecule has 0 fully saturated rings. The largest absolute Gasteiger partial charge is 0.352 e. The van der Waals surface area contributed by atoms with Gasteiger partial charge in [-0.25, -0.2) is 0 Å². The molecular formula is C28H29Cl3N2O2S. The van der Waals surface area contributed by atoms with Gasteiger partial charge in [0.25, 0.3) is 0 Å². The lowest BCUT2D eigenvalue weighted by Gasteiger charge is -2.32. The molecule has 8 heteroatoms. The van der Waals surface area contributed by atoms with Crippen LogP contribution < -0.4 is 5.32 Å². The molecule has 190 valence electrons. The summed E-state index contributed by atoms with van der Waals surface area (Å²) in [6.07, 6.45) is 1.17. The first kappa shape index (κ1) is 28.4. The normalized spacial score (nSPS) is 12.6.